The van der Waals surface area contributed by atoms with Crippen molar-refractivity contribution in [3.8, 4) is 11.5 Å². The summed E-state index contributed by atoms with van der Waals surface area (Å²) in [6, 6.07) is 8.52. The van der Waals surface area contributed by atoms with Gasteiger partial charge in [-0.15, -0.1) is 0 Å². The van der Waals surface area contributed by atoms with E-state index in [4.69, 9.17) is 14.2 Å². The molecule has 0 saturated heterocycles. The van der Waals surface area contributed by atoms with Crippen LogP contribution in [0.5, 0.6) is 11.5 Å². The molecule has 1 atom stereocenters. The van der Waals surface area contributed by atoms with E-state index in [9.17, 15) is 14.0 Å². The van der Waals surface area contributed by atoms with Crippen LogP contribution in [0.25, 0.3) is 6.08 Å². The number of carbonyl (C=O) groups excluding carboxylic acids is 1. The van der Waals surface area contributed by atoms with Crippen molar-refractivity contribution in [3.05, 3.63) is 88.8 Å². The number of methoxy groups -OCH3 is 1. The molecule has 0 N–H and O–H groups in total. The van der Waals surface area contributed by atoms with Crippen LogP contribution < -0.4 is 24.4 Å². The van der Waals surface area contributed by atoms with E-state index in [1.54, 1.807) is 45.2 Å². The second-order valence-corrected chi connectivity index (χ2v) is 9.68. The molecule has 4 rings (SSSR count). The van der Waals surface area contributed by atoms with Crippen LogP contribution >= 0.6 is 27.3 Å². The quantitative estimate of drug-likeness (QED) is 0.397. The Balaban J connectivity index is 1.92. The molecule has 0 spiro atoms. The average molecular weight is 575 g/mol. The Morgan fingerprint density at radius 2 is 1.94 bits per heavy atom. The van der Waals surface area contributed by atoms with Gasteiger partial charge >= 0.3 is 5.97 Å². The zero-order valence-corrected chi connectivity index (χ0v) is 22.5. The molecule has 1 aliphatic rings. The summed E-state index contributed by atoms with van der Waals surface area (Å²) in [4.78, 5) is 31.6. The summed E-state index contributed by atoms with van der Waals surface area (Å²) >= 11 is 4.71. The van der Waals surface area contributed by atoms with Gasteiger partial charge in [-0.3, -0.25) is 9.36 Å². The van der Waals surface area contributed by atoms with Gasteiger partial charge in [0.2, 0.25) is 0 Å². The molecule has 10 heteroatoms. The second kappa shape index (κ2) is 10.8. The van der Waals surface area contributed by atoms with Gasteiger partial charge in [-0.1, -0.05) is 23.5 Å². The lowest BCUT2D eigenvalue weighted by atomic mass is 9.96. The molecule has 0 bridgehead atoms. The SMILES string of the molecule is CCOC(=O)C1=C(C)N=c2s/c(=C\c3cc(Br)c(OCC)c(OC)c3)c(=O)n2[C@@H]1c1ccc(F)cc1. The predicted molar refractivity (Wildman–Crippen MR) is 139 cm³/mol. The van der Waals surface area contributed by atoms with Gasteiger partial charge in [-0.2, -0.15) is 0 Å². The zero-order chi connectivity index (χ0) is 26.0. The summed E-state index contributed by atoms with van der Waals surface area (Å²) in [7, 11) is 1.55. The first-order chi connectivity index (χ1) is 17.3. The Morgan fingerprint density at radius 1 is 1.22 bits per heavy atom. The number of hydrogen-bond donors (Lipinski definition) is 0. The van der Waals surface area contributed by atoms with Crippen molar-refractivity contribution in [2.75, 3.05) is 20.3 Å². The van der Waals surface area contributed by atoms with Crippen molar-refractivity contribution in [1.29, 1.82) is 0 Å². The third kappa shape index (κ3) is 4.87. The van der Waals surface area contributed by atoms with Crippen molar-refractivity contribution < 1.29 is 23.4 Å². The fourth-order valence-electron chi connectivity index (χ4n) is 4.01. The highest BCUT2D eigenvalue weighted by atomic mass is 79.9. The van der Waals surface area contributed by atoms with E-state index in [0.717, 1.165) is 0 Å². The maximum Gasteiger partial charge on any atom is 0.338 e. The van der Waals surface area contributed by atoms with Crippen molar-refractivity contribution in [2.24, 2.45) is 4.99 Å². The predicted octanol–water partition coefficient (Wildman–Crippen LogP) is 4.11. The number of aromatic nitrogens is 1. The Labute approximate surface area is 219 Å². The lowest BCUT2D eigenvalue weighted by Gasteiger charge is -2.24. The standard InChI is InChI=1S/C26H24BrFN2O5S/c1-5-34-23-18(27)11-15(12-19(23)33-4)13-20-24(31)30-22(16-7-9-17(28)10-8-16)21(25(32)35-6-2)14(3)29-26(30)36-20/h7-13,22H,5-6H2,1-4H3/b20-13-/t22-/m1/s1. The molecule has 0 radical (unpaired) electrons. The van der Waals surface area contributed by atoms with Crippen LogP contribution in [0, 0.1) is 5.82 Å². The monoisotopic (exact) mass is 574 g/mol. The van der Waals surface area contributed by atoms with Crippen LogP contribution in [0.2, 0.25) is 0 Å². The summed E-state index contributed by atoms with van der Waals surface area (Å²) in [5.74, 6) is 0.113. The number of thiazole rings is 1. The molecule has 0 fully saturated rings. The molecule has 2 heterocycles. The van der Waals surface area contributed by atoms with Gasteiger partial charge < -0.3 is 14.2 Å². The number of benzene rings is 2. The number of rotatable bonds is 7. The molecule has 0 aliphatic carbocycles. The van der Waals surface area contributed by atoms with Crippen molar-refractivity contribution >= 4 is 39.3 Å². The fraction of sp³-hybridized carbons (Fsp3) is 0.269. The minimum atomic E-state index is -0.801. The summed E-state index contributed by atoms with van der Waals surface area (Å²) in [6.07, 6.45) is 1.73. The van der Waals surface area contributed by atoms with Gasteiger partial charge in [0, 0.05) is 0 Å². The van der Waals surface area contributed by atoms with Crippen LogP contribution in [0.15, 0.2) is 61.9 Å². The minimum absolute atomic E-state index is 0.171. The van der Waals surface area contributed by atoms with Crippen LogP contribution in [0.4, 0.5) is 4.39 Å². The number of hydrogen-bond acceptors (Lipinski definition) is 7. The molecule has 0 saturated carbocycles. The van der Waals surface area contributed by atoms with E-state index >= 15 is 0 Å². The number of fused-ring (bicyclic) bond motifs is 1. The topological polar surface area (TPSA) is 79.1 Å². The molecule has 2 aromatic carbocycles. The van der Waals surface area contributed by atoms with Crippen molar-refractivity contribution in [2.45, 2.75) is 26.8 Å². The number of nitrogens with zero attached hydrogens (tertiary/aromatic N) is 2. The Kier molecular flexibility index (Phi) is 7.75. The van der Waals surface area contributed by atoms with Crippen LogP contribution in [0.3, 0.4) is 0 Å². The van der Waals surface area contributed by atoms with Gasteiger partial charge in [-0.25, -0.2) is 14.2 Å². The third-order valence-corrected chi connectivity index (χ3v) is 7.11. The van der Waals surface area contributed by atoms with E-state index in [-0.39, 0.29) is 17.7 Å². The Morgan fingerprint density at radius 3 is 2.58 bits per heavy atom. The molecule has 36 heavy (non-hydrogen) atoms. The number of allylic oxidation sites excluding steroid dienone is 1. The minimum Gasteiger partial charge on any atom is -0.493 e. The van der Waals surface area contributed by atoms with E-state index in [2.05, 4.69) is 20.9 Å². The first kappa shape index (κ1) is 25.8. The Hall–Kier alpha value is -3.24. The molecule has 0 amide bonds. The lowest BCUT2D eigenvalue weighted by Crippen LogP contribution is -2.39. The lowest BCUT2D eigenvalue weighted by molar-refractivity contribution is -0.139. The highest BCUT2D eigenvalue weighted by molar-refractivity contribution is 9.10. The number of carbonyl (C=O) groups is 1. The number of halogens is 2. The molecule has 0 unspecified atom stereocenters. The molecule has 3 aromatic rings. The molecule has 188 valence electrons. The first-order valence-electron chi connectivity index (χ1n) is 11.2. The highest BCUT2D eigenvalue weighted by Gasteiger charge is 2.33. The van der Waals surface area contributed by atoms with Crippen molar-refractivity contribution in [3.63, 3.8) is 0 Å². The molecular weight excluding hydrogens is 551 g/mol. The molecule has 7 nitrogen and oxygen atoms in total. The van der Waals surface area contributed by atoms with Gasteiger partial charge in [0.1, 0.15) is 5.82 Å². The fourth-order valence-corrected chi connectivity index (χ4v) is 5.63. The Bertz CT molecular complexity index is 1530. The summed E-state index contributed by atoms with van der Waals surface area (Å²) in [5, 5.41) is 0. The van der Waals surface area contributed by atoms with Crippen molar-refractivity contribution in [1.82, 2.24) is 4.57 Å². The van der Waals surface area contributed by atoms with E-state index in [1.807, 2.05) is 13.0 Å². The third-order valence-electron chi connectivity index (χ3n) is 5.54. The van der Waals surface area contributed by atoms with Gasteiger partial charge in [0.15, 0.2) is 16.3 Å². The molecular formula is C26H24BrFN2O5S. The van der Waals surface area contributed by atoms with Crippen LogP contribution in [0.1, 0.15) is 37.9 Å². The van der Waals surface area contributed by atoms with E-state index < -0.39 is 17.8 Å². The zero-order valence-electron chi connectivity index (χ0n) is 20.1. The van der Waals surface area contributed by atoms with E-state index in [1.165, 1.54) is 28.0 Å². The van der Waals surface area contributed by atoms with Gasteiger partial charge in [-0.05, 0) is 78.2 Å². The summed E-state index contributed by atoms with van der Waals surface area (Å²) < 4.78 is 32.6. The molecule has 1 aromatic heterocycles. The smallest absolute Gasteiger partial charge is 0.338 e. The first-order valence-corrected chi connectivity index (χ1v) is 12.8. The second-order valence-electron chi connectivity index (χ2n) is 7.82. The molecule has 1 aliphatic heterocycles. The number of esters is 1. The van der Waals surface area contributed by atoms with Crippen LogP contribution in [-0.2, 0) is 9.53 Å². The van der Waals surface area contributed by atoms with E-state index in [0.29, 0.717) is 48.7 Å². The van der Waals surface area contributed by atoms with Gasteiger partial charge in [0.05, 0.1) is 46.6 Å². The number of ether oxygens (including phenoxy) is 3. The normalized spacial score (nSPS) is 15.4. The van der Waals surface area contributed by atoms with Gasteiger partial charge in [0.25, 0.3) is 5.56 Å². The summed E-state index contributed by atoms with van der Waals surface area (Å²) in [5.41, 5.74) is 1.65. The highest BCUT2D eigenvalue weighted by Crippen LogP contribution is 2.37. The van der Waals surface area contributed by atoms with Crippen LogP contribution in [-0.4, -0.2) is 30.9 Å². The maximum atomic E-state index is 13.7. The largest absolute Gasteiger partial charge is 0.493 e. The average Bonchev–Trinajstić information content (AvgIpc) is 3.14. The summed E-state index contributed by atoms with van der Waals surface area (Å²) in [6.45, 7) is 5.93. The maximum absolute atomic E-state index is 13.7.